The summed E-state index contributed by atoms with van der Waals surface area (Å²) < 4.78 is 12.8. The van der Waals surface area contributed by atoms with E-state index in [2.05, 4.69) is 4.98 Å². The summed E-state index contributed by atoms with van der Waals surface area (Å²) in [6.45, 7) is 1.27. The molecule has 0 aromatic carbocycles. The highest BCUT2D eigenvalue weighted by molar-refractivity contribution is 5.91. The molecule has 0 radical (unpaired) electrons. The van der Waals surface area contributed by atoms with Crippen LogP contribution in [0.1, 0.15) is 12.0 Å². The fraction of sp³-hybridized carbons (Fsp3) is 0.333. The number of amides is 1. The van der Waals surface area contributed by atoms with E-state index in [0.29, 0.717) is 18.7 Å². The molecule has 0 aliphatic carbocycles. The maximum absolute atomic E-state index is 12.8. The second-order valence-corrected chi connectivity index (χ2v) is 4.10. The van der Waals surface area contributed by atoms with E-state index in [9.17, 15) is 9.18 Å². The molecule has 2 heterocycles. The first-order valence-corrected chi connectivity index (χ1v) is 5.48. The molecule has 1 aromatic heterocycles. The first-order chi connectivity index (χ1) is 8.15. The molecule has 4 nitrogen and oxygen atoms in total. The minimum absolute atomic E-state index is 0.0724. The molecule has 2 N–H and O–H groups in total. The lowest BCUT2D eigenvalue weighted by molar-refractivity contribution is -0.124. The van der Waals surface area contributed by atoms with Crippen LogP contribution in [0, 0.1) is 5.82 Å². The molecular weight excluding hydrogens is 221 g/mol. The molecule has 2 rings (SSSR count). The van der Waals surface area contributed by atoms with Gasteiger partial charge in [-0.2, -0.15) is 0 Å². The van der Waals surface area contributed by atoms with Crippen LogP contribution in [-0.4, -0.2) is 34.9 Å². The monoisotopic (exact) mass is 235 g/mol. The number of pyridine rings is 1. The van der Waals surface area contributed by atoms with E-state index in [1.54, 1.807) is 11.0 Å². The van der Waals surface area contributed by atoms with E-state index in [1.165, 1.54) is 18.3 Å². The van der Waals surface area contributed by atoms with Gasteiger partial charge in [0.15, 0.2) is 0 Å². The lowest BCUT2D eigenvalue weighted by Crippen LogP contribution is -2.30. The van der Waals surface area contributed by atoms with Gasteiger partial charge in [0.1, 0.15) is 5.82 Å². The second-order valence-electron chi connectivity index (χ2n) is 4.10. The van der Waals surface area contributed by atoms with Crippen molar-refractivity contribution in [1.29, 1.82) is 0 Å². The van der Waals surface area contributed by atoms with Gasteiger partial charge < -0.3 is 10.6 Å². The smallest absolute Gasteiger partial charge is 0.246 e. The number of rotatable bonds is 2. The molecule has 1 aromatic rings. The zero-order valence-electron chi connectivity index (χ0n) is 9.34. The number of carbonyl (C=O) groups is 1. The van der Waals surface area contributed by atoms with Gasteiger partial charge >= 0.3 is 0 Å². The van der Waals surface area contributed by atoms with Gasteiger partial charge in [-0.15, -0.1) is 0 Å². The van der Waals surface area contributed by atoms with E-state index < -0.39 is 5.82 Å². The normalized spacial score (nSPS) is 20.1. The van der Waals surface area contributed by atoms with Gasteiger partial charge in [-0.25, -0.2) is 4.39 Å². The quantitative estimate of drug-likeness (QED) is 0.771. The summed E-state index contributed by atoms with van der Waals surface area (Å²) in [7, 11) is 0. The number of likely N-dealkylation sites (tertiary alicyclic amines) is 1. The zero-order chi connectivity index (χ0) is 12.3. The van der Waals surface area contributed by atoms with Crippen molar-refractivity contribution in [3.8, 4) is 0 Å². The Morgan fingerprint density at radius 3 is 3.06 bits per heavy atom. The molecule has 1 atom stereocenters. The molecule has 0 bridgehead atoms. The van der Waals surface area contributed by atoms with Crippen molar-refractivity contribution in [3.05, 3.63) is 35.9 Å². The van der Waals surface area contributed by atoms with Crippen LogP contribution < -0.4 is 5.73 Å². The summed E-state index contributed by atoms with van der Waals surface area (Å²) in [5.74, 6) is -0.509. The minimum atomic E-state index is -0.414. The Hall–Kier alpha value is -1.75. The molecule has 17 heavy (non-hydrogen) atoms. The lowest BCUT2D eigenvalue weighted by Gasteiger charge is -2.12. The van der Waals surface area contributed by atoms with Gasteiger partial charge in [-0.3, -0.25) is 9.78 Å². The molecular formula is C12H14FN3O. The number of nitrogens with two attached hydrogens (primary N) is 1. The number of nitrogens with zero attached hydrogens (tertiary/aromatic N) is 2. The number of hydrogen-bond donors (Lipinski definition) is 1. The topological polar surface area (TPSA) is 59.2 Å². The Bertz CT molecular complexity index is 447. The van der Waals surface area contributed by atoms with Crippen molar-refractivity contribution in [2.75, 3.05) is 13.1 Å². The first kappa shape index (κ1) is 11.7. The van der Waals surface area contributed by atoms with Crippen molar-refractivity contribution in [2.45, 2.75) is 12.5 Å². The molecule has 0 saturated carbocycles. The van der Waals surface area contributed by atoms with E-state index in [-0.39, 0.29) is 11.9 Å². The van der Waals surface area contributed by atoms with Crippen LogP contribution in [0.3, 0.4) is 0 Å². The van der Waals surface area contributed by atoms with Crippen molar-refractivity contribution in [1.82, 2.24) is 9.88 Å². The van der Waals surface area contributed by atoms with Crippen molar-refractivity contribution < 1.29 is 9.18 Å². The van der Waals surface area contributed by atoms with Gasteiger partial charge in [0.2, 0.25) is 5.91 Å². The minimum Gasteiger partial charge on any atom is -0.338 e. The van der Waals surface area contributed by atoms with Crippen LogP contribution in [0.15, 0.2) is 24.5 Å². The zero-order valence-corrected chi connectivity index (χ0v) is 9.34. The van der Waals surface area contributed by atoms with E-state index in [0.717, 1.165) is 12.6 Å². The van der Waals surface area contributed by atoms with Crippen LogP contribution in [0.2, 0.25) is 0 Å². The van der Waals surface area contributed by atoms with Gasteiger partial charge in [0, 0.05) is 31.4 Å². The number of halogens is 1. The fourth-order valence-electron chi connectivity index (χ4n) is 1.78. The Morgan fingerprint density at radius 2 is 2.41 bits per heavy atom. The SMILES string of the molecule is N[C@H]1CCN(C(=O)/C=C/c2cncc(F)c2)C1. The Labute approximate surface area is 98.9 Å². The van der Waals surface area contributed by atoms with Crippen LogP contribution >= 0.6 is 0 Å². The predicted octanol–water partition coefficient (Wildman–Crippen LogP) is 0.793. The molecule has 0 unspecified atom stereocenters. The van der Waals surface area contributed by atoms with Crippen LogP contribution in [-0.2, 0) is 4.79 Å². The molecule has 1 aliphatic rings. The predicted molar refractivity (Wildman–Crippen MR) is 62.4 cm³/mol. The third-order valence-electron chi connectivity index (χ3n) is 2.68. The molecule has 1 saturated heterocycles. The summed E-state index contributed by atoms with van der Waals surface area (Å²) in [4.78, 5) is 17.1. The molecule has 90 valence electrons. The summed E-state index contributed by atoms with van der Waals surface area (Å²) in [5.41, 5.74) is 6.28. The molecule has 1 amide bonds. The highest BCUT2D eigenvalue weighted by Gasteiger charge is 2.21. The van der Waals surface area contributed by atoms with Crippen molar-refractivity contribution in [2.24, 2.45) is 5.73 Å². The average molecular weight is 235 g/mol. The molecule has 1 fully saturated rings. The molecule has 1 aliphatic heterocycles. The van der Waals surface area contributed by atoms with Gasteiger partial charge in [-0.1, -0.05) is 0 Å². The van der Waals surface area contributed by atoms with E-state index >= 15 is 0 Å². The Balaban J connectivity index is 1.98. The largest absolute Gasteiger partial charge is 0.338 e. The maximum Gasteiger partial charge on any atom is 0.246 e. The van der Waals surface area contributed by atoms with E-state index in [4.69, 9.17) is 5.73 Å². The van der Waals surface area contributed by atoms with Crippen molar-refractivity contribution in [3.63, 3.8) is 0 Å². The highest BCUT2D eigenvalue weighted by atomic mass is 19.1. The number of carbonyl (C=O) groups excluding carboxylic acids is 1. The first-order valence-electron chi connectivity index (χ1n) is 5.48. The maximum atomic E-state index is 12.8. The van der Waals surface area contributed by atoms with Crippen molar-refractivity contribution >= 4 is 12.0 Å². The lowest BCUT2D eigenvalue weighted by atomic mass is 10.2. The van der Waals surface area contributed by atoms with Crippen LogP contribution in [0.5, 0.6) is 0 Å². The third-order valence-corrected chi connectivity index (χ3v) is 2.68. The fourth-order valence-corrected chi connectivity index (χ4v) is 1.78. The second kappa shape index (κ2) is 5.05. The van der Waals surface area contributed by atoms with Gasteiger partial charge in [0.25, 0.3) is 0 Å². The number of hydrogen-bond acceptors (Lipinski definition) is 3. The number of aromatic nitrogens is 1. The Morgan fingerprint density at radius 1 is 1.59 bits per heavy atom. The standard InChI is InChI=1S/C12H14FN3O/c13-10-5-9(6-15-7-10)1-2-12(17)16-4-3-11(14)8-16/h1-2,5-7,11H,3-4,8,14H2/b2-1+/t11-/m0/s1. The third kappa shape index (κ3) is 3.10. The molecule has 0 spiro atoms. The summed E-state index contributed by atoms with van der Waals surface area (Å²) in [6.07, 6.45) is 6.44. The Kier molecular flexibility index (Phi) is 3.49. The van der Waals surface area contributed by atoms with Gasteiger partial charge in [0.05, 0.1) is 6.20 Å². The van der Waals surface area contributed by atoms with Crippen LogP contribution in [0.4, 0.5) is 4.39 Å². The average Bonchev–Trinajstić information content (AvgIpc) is 2.73. The molecule has 5 heteroatoms. The van der Waals surface area contributed by atoms with Gasteiger partial charge in [-0.05, 0) is 24.1 Å². The summed E-state index contributed by atoms with van der Waals surface area (Å²) in [5, 5.41) is 0. The highest BCUT2D eigenvalue weighted by Crippen LogP contribution is 2.09. The van der Waals surface area contributed by atoms with Crippen LogP contribution in [0.25, 0.3) is 6.08 Å². The summed E-state index contributed by atoms with van der Waals surface area (Å²) >= 11 is 0. The van der Waals surface area contributed by atoms with E-state index in [1.807, 2.05) is 0 Å². The summed E-state index contributed by atoms with van der Waals surface area (Å²) in [6, 6.07) is 1.40.